The first-order valence-electron chi connectivity index (χ1n) is 8.69. The zero-order chi connectivity index (χ0) is 18.9. The van der Waals surface area contributed by atoms with Crippen molar-refractivity contribution in [1.82, 2.24) is 20.6 Å². The van der Waals surface area contributed by atoms with E-state index in [1.165, 1.54) is 0 Å². The third-order valence-corrected chi connectivity index (χ3v) is 4.16. The molecular weight excluding hydrogens is 340 g/mol. The maximum Gasteiger partial charge on any atom is 0.242 e. The third kappa shape index (κ3) is 5.36. The van der Waals surface area contributed by atoms with Crippen molar-refractivity contribution in [3.8, 4) is 5.75 Å². The van der Waals surface area contributed by atoms with Crippen LogP contribution in [0.5, 0.6) is 5.75 Å². The molecule has 1 atom stereocenters. The van der Waals surface area contributed by atoms with Crippen molar-refractivity contribution >= 4 is 5.91 Å². The minimum absolute atomic E-state index is 0.0964. The summed E-state index contributed by atoms with van der Waals surface area (Å²) in [7, 11) is 1.62. The van der Waals surface area contributed by atoms with Gasteiger partial charge < -0.3 is 10.1 Å². The number of benzene rings is 1. The predicted molar refractivity (Wildman–Crippen MR) is 103 cm³/mol. The van der Waals surface area contributed by atoms with E-state index in [-0.39, 0.29) is 5.91 Å². The van der Waals surface area contributed by atoms with Crippen LogP contribution < -0.4 is 15.4 Å². The number of hydrogen-bond acceptors (Lipinski definition) is 5. The lowest BCUT2D eigenvalue weighted by molar-refractivity contribution is -0.123. The van der Waals surface area contributed by atoms with Crippen LogP contribution in [0.4, 0.5) is 0 Å². The highest BCUT2D eigenvalue weighted by atomic mass is 16.5. The monoisotopic (exact) mass is 362 g/mol. The average molecular weight is 362 g/mol. The van der Waals surface area contributed by atoms with E-state index in [0.717, 1.165) is 22.4 Å². The second kappa shape index (κ2) is 9.45. The summed E-state index contributed by atoms with van der Waals surface area (Å²) >= 11 is 0. The fraction of sp³-hybridized carbons (Fsp3) is 0.190. The van der Waals surface area contributed by atoms with Gasteiger partial charge >= 0.3 is 0 Å². The molecule has 0 aliphatic heterocycles. The van der Waals surface area contributed by atoms with E-state index in [1.807, 2.05) is 48.5 Å². The maximum atomic E-state index is 12.9. The fourth-order valence-electron chi connectivity index (χ4n) is 2.67. The summed E-state index contributed by atoms with van der Waals surface area (Å²) in [5.41, 5.74) is 2.88. The van der Waals surface area contributed by atoms with Gasteiger partial charge in [-0.2, -0.15) is 0 Å². The summed E-state index contributed by atoms with van der Waals surface area (Å²) in [4.78, 5) is 21.0. The summed E-state index contributed by atoms with van der Waals surface area (Å²) in [6.07, 6.45) is 6.94. The first-order chi connectivity index (χ1) is 13.3. The van der Waals surface area contributed by atoms with Crippen LogP contribution in [0.15, 0.2) is 73.3 Å². The largest absolute Gasteiger partial charge is 0.497 e. The van der Waals surface area contributed by atoms with Gasteiger partial charge in [-0.3, -0.25) is 20.1 Å². The molecule has 0 saturated carbocycles. The number of hydrogen-bond donors (Lipinski definition) is 2. The Morgan fingerprint density at radius 3 is 2.41 bits per heavy atom. The normalized spacial score (nSPS) is 11.6. The predicted octanol–water partition coefficient (Wildman–Crippen LogP) is 2.63. The van der Waals surface area contributed by atoms with Gasteiger partial charge in [-0.15, -0.1) is 0 Å². The van der Waals surface area contributed by atoms with Gasteiger partial charge in [0.2, 0.25) is 5.91 Å². The first kappa shape index (κ1) is 18.5. The molecule has 0 spiro atoms. The van der Waals surface area contributed by atoms with Crippen molar-refractivity contribution in [2.45, 2.75) is 19.1 Å². The van der Waals surface area contributed by atoms with Gasteiger partial charge in [0.1, 0.15) is 11.8 Å². The van der Waals surface area contributed by atoms with Gasteiger partial charge in [0.05, 0.1) is 7.11 Å². The van der Waals surface area contributed by atoms with Gasteiger partial charge in [-0.05, 0) is 47.0 Å². The SMILES string of the molecule is COc1ccc(C(NCc2cccnc2)C(=O)NCc2ccncc2)cc1. The highest BCUT2D eigenvalue weighted by Gasteiger charge is 2.20. The number of nitrogens with zero attached hydrogens (tertiary/aromatic N) is 2. The third-order valence-electron chi connectivity index (χ3n) is 4.16. The van der Waals surface area contributed by atoms with Crippen LogP contribution >= 0.6 is 0 Å². The van der Waals surface area contributed by atoms with Crippen LogP contribution in [0, 0.1) is 0 Å². The summed E-state index contributed by atoms with van der Waals surface area (Å²) in [5, 5.41) is 6.31. The quantitative estimate of drug-likeness (QED) is 0.644. The Bertz CT molecular complexity index is 839. The lowest BCUT2D eigenvalue weighted by Gasteiger charge is -2.19. The topological polar surface area (TPSA) is 76.1 Å². The van der Waals surface area contributed by atoms with Crippen LogP contribution in [0.3, 0.4) is 0 Å². The van der Waals surface area contributed by atoms with Crippen LogP contribution in [0.2, 0.25) is 0 Å². The van der Waals surface area contributed by atoms with Crippen molar-refractivity contribution in [1.29, 1.82) is 0 Å². The Kier molecular flexibility index (Phi) is 6.49. The number of nitrogens with one attached hydrogen (secondary N) is 2. The van der Waals surface area contributed by atoms with Crippen molar-refractivity contribution < 1.29 is 9.53 Å². The van der Waals surface area contributed by atoms with E-state index in [2.05, 4.69) is 20.6 Å². The first-order valence-corrected chi connectivity index (χ1v) is 8.69. The number of carbonyl (C=O) groups is 1. The fourth-order valence-corrected chi connectivity index (χ4v) is 2.67. The number of ether oxygens (including phenoxy) is 1. The number of pyridine rings is 2. The molecule has 0 aliphatic carbocycles. The van der Waals surface area contributed by atoms with Crippen LogP contribution in [0.25, 0.3) is 0 Å². The summed E-state index contributed by atoms with van der Waals surface area (Å²) in [6.45, 7) is 0.982. The molecule has 0 radical (unpaired) electrons. The molecule has 27 heavy (non-hydrogen) atoms. The Balaban J connectivity index is 1.72. The van der Waals surface area contributed by atoms with E-state index in [4.69, 9.17) is 4.74 Å². The number of rotatable bonds is 8. The molecular formula is C21H22N4O2. The van der Waals surface area contributed by atoms with E-state index >= 15 is 0 Å². The van der Waals surface area contributed by atoms with Crippen molar-refractivity contribution in [2.24, 2.45) is 0 Å². The zero-order valence-corrected chi connectivity index (χ0v) is 15.1. The van der Waals surface area contributed by atoms with Gasteiger partial charge in [-0.25, -0.2) is 0 Å². The molecule has 3 rings (SSSR count). The second-order valence-corrected chi connectivity index (χ2v) is 6.02. The number of amides is 1. The molecule has 3 aromatic rings. The molecule has 2 heterocycles. The van der Waals surface area contributed by atoms with E-state index < -0.39 is 6.04 Å². The molecule has 0 saturated heterocycles. The van der Waals surface area contributed by atoms with Gasteiger partial charge in [0, 0.05) is 37.9 Å². The maximum absolute atomic E-state index is 12.9. The molecule has 1 unspecified atom stereocenters. The van der Waals surface area contributed by atoms with Gasteiger partial charge in [0.25, 0.3) is 0 Å². The van der Waals surface area contributed by atoms with E-state index in [1.54, 1.807) is 31.9 Å². The minimum Gasteiger partial charge on any atom is -0.497 e. The van der Waals surface area contributed by atoms with Gasteiger partial charge in [0.15, 0.2) is 0 Å². The highest BCUT2D eigenvalue weighted by molar-refractivity contribution is 5.83. The molecule has 6 heteroatoms. The molecule has 0 aliphatic rings. The Hall–Kier alpha value is -3.25. The highest BCUT2D eigenvalue weighted by Crippen LogP contribution is 2.19. The summed E-state index contributed by atoms with van der Waals surface area (Å²) < 4.78 is 5.21. The molecule has 1 amide bonds. The summed E-state index contributed by atoms with van der Waals surface area (Å²) in [6, 6.07) is 14.6. The van der Waals surface area contributed by atoms with E-state index in [0.29, 0.717) is 13.1 Å². The van der Waals surface area contributed by atoms with Crippen LogP contribution in [-0.4, -0.2) is 23.0 Å². The van der Waals surface area contributed by atoms with Crippen LogP contribution in [0.1, 0.15) is 22.7 Å². The number of aromatic nitrogens is 2. The van der Waals surface area contributed by atoms with Crippen molar-refractivity contribution in [3.63, 3.8) is 0 Å². The molecule has 0 fully saturated rings. The summed E-state index contributed by atoms with van der Waals surface area (Å²) in [5.74, 6) is 0.655. The van der Waals surface area contributed by atoms with Crippen molar-refractivity contribution in [3.05, 3.63) is 90.0 Å². The lowest BCUT2D eigenvalue weighted by atomic mass is 10.1. The lowest BCUT2D eigenvalue weighted by Crippen LogP contribution is -2.37. The molecule has 1 aromatic carbocycles. The minimum atomic E-state index is -0.488. The Morgan fingerprint density at radius 1 is 0.963 bits per heavy atom. The second-order valence-electron chi connectivity index (χ2n) is 6.02. The Morgan fingerprint density at radius 2 is 1.74 bits per heavy atom. The Labute approximate surface area is 158 Å². The smallest absolute Gasteiger partial charge is 0.242 e. The van der Waals surface area contributed by atoms with Gasteiger partial charge in [-0.1, -0.05) is 18.2 Å². The zero-order valence-electron chi connectivity index (χ0n) is 15.1. The standard InChI is InChI=1S/C21H22N4O2/c1-27-19-6-4-18(5-7-19)20(24-15-17-3-2-10-23-13-17)21(26)25-14-16-8-11-22-12-9-16/h2-13,20,24H,14-15H2,1H3,(H,25,26). The number of methoxy groups -OCH3 is 1. The molecule has 0 bridgehead atoms. The molecule has 2 N–H and O–H groups in total. The van der Waals surface area contributed by atoms with E-state index in [9.17, 15) is 4.79 Å². The van der Waals surface area contributed by atoms with Crippen LogP contribution in [-0.2, 0) is 17.9 Å². The average Bonchev–Trinajstić information content (AvgIpc) is 2.74. The molecule has 2 aromatic heterocycles. The molecule has 6 nitrogen and oxygen atoms in total. The number of carbonyl (C=O) groups excluding carboxylic acids is 1. The molecule has 138 valence electrons. The van der Waals surface area contributed by atoms with Crippen molar-refractivity contribution in [2.75, 3.05) is 7.11 Å².